The number of aryl methyl sites for hydroxylation is 1. The fraction of sp³-hybridized carbons (Fsp3) is 0.250. The predicted octanol–water partition coefficient (Wildman–Crippen LogP) is 5.32. The van der Waals surface area contributed by atoms with Gasteiger partial charge in [0.05, 0.1) is 16.8 Å². The number of ether oxygens (including phenoxy) is 1. The average molecular weight is 415 g/mol. The minimum Gasteiger partial charge on any atom is -0.439 e. The van der Waals surface area contributed by atoms with Gasteiger partial charge in [-0.15, -0.1) is 0 Å². The molecule has 3 aromatic rings. The fourth-order valence-electron chi connectivity index (χ4n) is 2.88. The lowest BCUT2D eigenvalue weighted by molar-refractivity contribution is -0.00605. The Morgan fingerprint density at radius 3 is 2.72 bits per heavy atom. The number of benzene rings is 1. The van der Waals surface area contributed by atoms with Crippen LogP contribution in [0.15, 0.2) is 59.8 Å². The normalized spacial score (nSPS) is 15.6. The highest BCUT2D eigenvalue weighted by Crippen LogP contribution is 2.37. The van der Waals surface area contributed by atoms with Crippen LogP contribution in [0.3, 0.4) is 0 Å². The zero-order chi connectivity index (χ0) is 20.3. The van der Waals surface area contributed by atoms with E-state index in [0.717, 1.165) is 10.5 Å². The molecule has 1 aromatic carbocycles. The molecule has 4 rings (SSSR count). The zero-order valence-corrected chi connectivity index (χ0v) is 16.5. The second kappa shape index (κ2) is 8.20. The summed E-state index contributed by atoms with van der Waals surface area (Å²) in [4.78, 5) is 9.80. The van der Waals surface area contributed by atoms with E-state index in [4.69, 9.17) is 4.74 Å². The summed E-state index contributed by atoms with van der Waals surface area (Å²) < 4.78 is 37.7. The molecule has 29 heavy (non-hydrogen) atoms. The molecule has 0 saturated carbocycles. The maximum Gasteiger partial charge on any atom is 0.251 e. The van der Waals surface area contributed by atoms with Crippen molar-refractivity contribution in [3.05, 3.63) is 60.6 Å². The van der Waals surface area contributed by atoms with Crippen LogP contribution in [0.1, 0.15) is 25.0 Å². The molecule has 6 nitrogen and oxygen atoms in total. The second-order valence-corrected chi connectivity index (χ2v) is 7.55. The Kier molecular flexibility index (Phi) is 5.48. The number of anilines is 1. The number of para-hydroxylation sites is 1. The molecule has 0 spiro atoms. The van der Waals surface area contributed by atoms with Gasteiger partial charge < -0.3 is 4.74 Å². The van der Waals surface area contributed by atoms with Gasteiger partial charge in [0.15, 0.2) is 0 Å². The number of aromatic nitrogens is 4. The zero-order valence-electron chi connectivity index (χ0n) is 15.7. The largest absolute Gasteiger partial charge is 0.439 e. The van der Waals surface area contributed by atoms with Crippen LogP contribution in [0.5, 0.6) is 11.6 Å². The number of hydrogen-bond donors (Lipinski definition) is 1. The third-order valence-corrected chi connectivity index (χ3v) is 5.08. The van der Waals surface area contributed by atoms with Crippen LogP contribution in [0, 0.1) is 0 Å². The van der Waals surface area contributed by atoms with Gasteiger partial charge >= 0.3 is 0 Å². The lowest BCUT2D eigenvalue weighted by Gasteiger charge is -2.21. The highest BCUT2D eigenvalue weighted by molar-refractivity contribution is 8.00. The minimum atomic E-state index is -2.66. The Balaban J connectivity index is 1.60. The first-order valence-corrected chi connectivity index (χ1v) is 9.89. The molecule has 0 unspecified atom stereocenters. The first-order chi connectivity index (χ1) is 14.0. The molecular weight excluding hydrogens is 396 g/mol. The van der Waals surface area contributed by atoms with Crippen molar-refractivity contribution >= 4 is 23.5 Å². The Labute approximate surface area is 171 Å². The van der Waals surface area contributed by atoms with E-state index >= 15 is 0 Å². The molecule has 0 aliphatic heterocycles. The van der Waals surface area contributed by atoms with E-state index in [1.165, 1.54) is 11.9 Å². The highest BCUT2D eigenvalue weighted by Gasteiger charge is 2.31. The number of rotatable bonds is 6. The van der Waals surface area contributed by atoms with E-state index in [1.807, 2.05) is 43.6 Å². The maximum atomic E-state index is 13.5. The molecule has 2 aromatic heterocycles. The van der Waals surface area contributed by atoms with Crippen molar-refractivity contribution in [2.45, 2.75) is 30.1 Å². The Morgan fingerprint density at radius 1 is 1.21 bits per heavy atom. The third-order valence-electron chi connectivity index (χ3n) is 4.35. The molecule has 0 fully saturated rings. The van der Waals surface area contributed by atoms with Crippen molar-refractivity contribution in [2.24, 2.45) is 7.05 Å². The fourth-order valence-corrected chi connectivity index (χ4v) is 3.49. The second-order valence-electron chi connectivity index (χ2n) is 6.67. The Bertz CT molecular complexity index is 1020. The third kappa shape index (κ3) is 5.11. The number of nitrogens with zero attached hydrogens (tertiary/aromatic N) is 4. The van der Waals surface area contributed by atoms with Crippen LogP contribution >= 0.6 is 11.9 Å². The van der Waals surface area contributed by atoms with Crippen molar-refractivity contribution in [1.82, 2.24) is 19.7 Å². The quantitative estimate of drug-likeness (QED) is 0.550. The van der Waals surface area contributed by atoms with Gasteiger partial charge in [-0.25, -0.2) is 13.8 Å². The van der Waals surface area contributed by atoms with Crippen molar-refractivity contribution in [3.63, 3.8) is 0 Å². The van der Waals surface area contributed by atoms with Crippen LogP contribution in [0.2, 0.25) is 0 Å². The summed E-state index contributed by atoms with van der Waals surface area (Å²) in [6.45, 7) is 0. The number of halogens is 2. The number of alkyl halides is 2. The van der Waals surface area contributed by atoms with E-state index in [2.05, 4.69) is 19.8 Å². The van der Waals surface area contributed by atoms with Crippen LogP contribution < -0.4 is 9.46 Å². The molecule has 9 heteroatoms. The van der Waals surface area contributed by atoms with Crippen molar-refractivity contribution in [2.75, 3.05) is 4.72 Å². The summed E-state index contributed by atoms with van der Waals surface area (Å²) in [6.07, 6.45) is 4.91. The van der Waals surface area contributed by atoms with Gasteiger partial charge in [-0.1, -0.05) is 24.3 Å². The first-order valence-electron chi connectivity index (χ1n) is 9.08. The van der Waals surface area contributed by atoms with Crippen molar-refractivity contribution in [1.29, 1.82) is 0 Å². The van der Waals surface area contributed by atoms with Crippen LogP contribution in [0.4, 0.5) is 14.7 Å². The number of nitrogens with one attached hydrogen (secondary N) is 1. The first kappa shape index (κ1) is 19.4. The van der Waals surface area contributed by atoms with Gasteiger partial charge in [0, 0.05) is 32.2 Å². The molecule has 0 amide bonds. The van der Waals surface area contributed by atoms with E-state index in [9.17, 15) is 8.78 Å². The maximum absolute atomic E-state index is 13.5. The van der Waals surface area contributed by atoms with Crippen LogP contribution in [-0.2, 0) is 7.05 Å². The van der Waals surface area contributed by atoms with Gasteiger partial charge in [-0.3, -0.25) is 9.40 Å². The number of allylic oxidation sites excluding steroid dienone is 2. The molecule has 1 N–H and O–H groups in total. The topological polar surface area (TPSA) is 64.9 Å². The molecule has 0 atom stereocenters. The summed E-state index contributed by atoms with van der Waals surface area (Å²) in [7, 11) is 1.83. The predicted molar refractivity (Wildman–Crippen MR) is 108 cm³/mol. The van der Waals surface area contributed by atoms with Gasteiger partial charge in [-0.2, -0.15) is 10.1 Å². The summed E-state index contributed by atoms with van der Waals surface area (Å²) >= 11 is 1.31. The van der Waals surface area contributed by atoms with Gasteiger partial charge in [0.1, 0.15) is 5.75 Å². The van der Waals surface area contributed by atoms with Gasteiger partial charge in [0.2, 0.25) is 11.8 Å². The van der Waals surface area contributed by atoms with Gasteiger partial charge in [-0.05, 0) is 36.1 Å². The lowest BCUT2D eigenvalue weighted by Crippen LogP contribution is -2.18. The average Bonchev–Trinajstić information content (AvgIpc) is 3.12. The molecule has 0 bridgehead atoms. The van der Waals surface area contributed by atoms with Crippen molar-refractivity contribution < 1.29 is 13.5 Å². The monoisotopic (exact) mass is 415 g/mol. The standard InChI is InChI=1S/C20H19F2N5OS/c1-27-13-16(12-23-27)29-26-19-24-17(14-7-9-20(21,22)10-8-14)11-18(25-19)28-15-5-3-2-4-6-15/h2-7,11-13H,8-10H2,1H3,(H,24,25,26). The molecule has 0 radical (unpaired) electrons. The van der Waals surface area contributed by atoms with Crippen LogP contribution in [-0.4, -0.2) is 25.7 Å². The van der Waals surface area contributed by atoms with E-state index in [0.29, 0.717) is 23.3 Å². The molecular formula is C20H19F2N5OS. The number of hydrogen-bond acceptors (Lipinski definition) is 6. The summed E-state index contributed by atoms with van der Waals surface area (Å²) in [5, 5.41) is 4.12. The van der Waals surface area contributed by atoms with Gasteiger partial charge in [0.25, 0.3) is 5.92 Å². The molecule has 0 saturated heterocycles. The summed E-state index contributed by atoms with van der Waals surface area (Å²) in [6, 6.07) is 10.9. The van der Waals surface area contributed by atoms with E-state index < -0.39 is 5.92 Å². The summed E-state index contributed by atoms with van der Waals surface area (Å²) in [5.41, 5.74) is 1.35. The van der Waals surface area contributed by atoms with E-state index in [1.54, 1.807) is 23.0 Å². The van der Waals surface area contributed by atoms with E-state index in [-0.39, 0.29) is 19.3 Å². The minimum absolute atomic E-state index is 0.190. The summed E-state index contributed by atoms with van der Waals surface area (Å²) in [5.74, 6) is -1.35. The molecule has 1 aliphatic rings. The lowest BCUT2D eigenvalue weighted by atomic mass is 9.94. The smallest absolute Gasteiger partial charge is 0.251 e. The Hall–Kier alpha value is -2.94. The van der Waals surface area contributed by atoms with Crippen LogP contribution in [0.25, 0.3) is 5.57 Å². The molecule has 1 aliphatic carbocycles. The Morgan fingerprint density at radius 2 is 2.03 bits per heavy atom. The SMILES string of the molecule is Cn1cc(SNc2nc(Oc3ccccc3)cc(C3=CCC(F)(F)CC3)n2)cn1. The highest BCUT2D eigenvalue weighted by atomic mass is 32.2. The molecule has 2 heterocycles. The molecule has 150 valence electrons. The van der Waals surface area contributed by atoms with Crippen molar-refractivity contribution in [3.8, 4) is 11.6 Å².